The largest absolute Gasteiger partial charge is 0.356 e. The van der Waals surface area contributed by atoms with Crippen LogP contribution >= 0.6 is 0 Å². The van der Waals surface area contributed by atoms with Gasteiger partial charge in [-0.1, -0.05) is 19.1 Å². The van der Waals surface area contributed by atoms with Crippen molar-refractivity contribution in [3.8, 4) is 0 Å². The molecule has 0 aromatic heterocycles. The van der Waals surface area contributed by atoms with E-state index in [4.69, 9.17) is 0 Å². The number of nitro benzene ring substituents is 1. The van der Waals surface area contributed by atoms with Crippen molar-refractivity contribution in [3.05, 3.63) is 39.9 Å². The lowest BCUT2D eigenvalue weighted by Gasteiger charge is -2.14. The molecule has 0 spiro atoms. The third-order valence-corrected chi connectivity index (χ3v) is 2.96. The van der Waals surface area contributed by atoms with E-state index in [0.717, 1.165) is 12.0 Å². The van der Waals surface area contributed by atoms with Gasteiger partial charge in [0.2, 0.25) is 5.91 Å². The molecule has 0 saturated carbocycles. The maximum absolute atomic E-state index is 11.4. The SMILES string of the molecule is CCCNC(=O)CCNC(C)c1cccc([N+](=O)[O-])c1. The first kappa shape index (κ1) is 16.1. The first-order chi connectivity index (χ1) is 9.54. The fourth-order valence-electron chi connectivity index (χ4n) is 1.78. The smallest absolute Gasteiger partial charge is 0.269 e. The van der Waals surface area contributed by atoms with Crippen molar-refractivity contribution in [2.45, 2.75) is 32.7 Å². The van der Waals surface area contributed by atoms with Crippen molar-refractivity contribution in [2.24, 2.45) is 0 Å². The van der Waals surface area contributed by atoms with Crippen LogP contribution in [0.15, 0.2) is 24.3 Å². The lowest BCUT2D eigenvalue weighted by atomic mass is 10.1. The Balaban J connectivity index is 2.43. The molecule has 6 heteroatoms. The minimum atomic E-state index is -0.408. The number of nitrogens with one attached hydrogen (secondary N) is 2. The molecule has 0 bridgehead atoms. The van der Waals surface area contributed by atoms with Crippen molar-refractivity contribution >= 4 is 11.6 Å². The molecule has 0 aliphatic carbocycles. The summed E-state index contributed by atoms with van der Waals surface area (Å²) < 4.78 is 0. The zero-order chi connectivity index (χ0) is 15.0. The Morgan fingerprint density at radius 1 is 1.40 bits per heavy atom. The zero-order valence-electron chi connectivity index (χ0n) is 11.9. The van der Waals surface area contributed by atoms with E-state index in [9.17, 15) is 14.9 Å². The molecule has 20 heavy (non-hydrogen) atoms. The molecule has 0 fully saturated rings. The molecule has 0 aliphatic heterocycles. The summed E-state index contributed by atoms with van der Waals surface area (Å²) in [7, 11) is 0. The molecular formula is C14H21N3O3. The fraction of sp³-hybridized carbons (Fsp3) is 0.500. The molecule has 0 radical (unpaired) electrons. The summed E-state index contributed by atoms with van der Waals surface area (Å²) in [6, 6.07) is 6.49. The van der Waals surface area contributed by atoms with Crippen molar-refractivity contribution in [2.75, 3.05) is 13.1 Å². The first-order valence-corrected chi connectivity index (χ1v) is 6.79. The monoisotopic (exact) mass is 279 g/mol. The van der Waals surface area contributed by atoms with Gasteiger partial charge >= 0.3 is 0 Å². The van der Waals surface area contributed by atoms with Gasteiger partial charge in [-0.05, 0) is 18.9 Å². The van der Waals surface area contributed by atoms with E-state index in [1.807, 2.05) is 19.9 Å². The number of non-ortho nitro benzene ring substituents is 1. The van der Waals surface area contributed by atoms with E-state index in [1.54, 1.807) is 12.1 Å². The summed E-state index contributed by atoms with van der Waals surface area (Å²) in [4.78, 5) is 21.7. The molecule has 1 rings (SSSR count). The normalized spacial score (nSPS) is 11.9. The second-order valence-corrected chi connectivity index (χ2v) is 4.63. The molecule has 1 unspecified atom stereocenters. The first-order valence-electron chi connectivity index (χ1n) is 6.79. The molecule has 1 aromatic carbocycles. The molecule has 1 aromatic rings. The quantitative estimate of drug-likeness (QED) is 0.564. The van der Waals surface area contributed by atoms with Gasteiger partial charge in [-0.3, -0.25) is 14.9 Å². The second-order valence-electron chi connectivity index (χ2n) is 4.63. The summed E-state index contributed by atoms with van der Waals surface area (Å²) in [6.45, 7) is 5.16. The third kappa shape index (κ3) is 5.36. The Hall–Kier alpha value is -1.95. The number of benzene rings is 1. The van der Waals surface area contributed by atoms with Gasteiger partial charge in [0.1, 0.15) is 0 Å². The van der Waals surface area contributed by atoms with Gasteiger partial charge in [0.05, 0.1) is 4.92 Å². The van der Waals surface area contributed by atoms with Crippen molar-refractivity contribution in [1.29, 1.82) is 0 Å². The van der Waals surface area contributed by atoms with Crippen molar-refractivity contribution in [3.63, 3.8) is 0 Å². The predicted molar refractivity (Wildman–Crippen MR) is 77.4 cm³/mol. The van der Waals surface area contributed by atoms with E-state index < -0.39 is 4.92 Å². The van der Waals surface area contributed by atoms with Crippen LogP contribution in [0.5, 0.6) is 0 Å². The van der Waals surface area contributed by atoms with Crippen molar-refractivity contribution < 1.29 is 9.72 Å². The topological polar surface area (TPSA) is 84.3 Å². The van der Waals surface area contributed by atoms with Gasteiger partial charge < -0.3 is 10.6 Å². The van der Waals surface area contributed by atoms with Gasteiger partial charge in [-0.2, -0.15) is 0 Å². The lowest BCUT2D eigenvalue weighted by Crippen LogP contribution is -2.29. The molecular weight excluding hydrogens is 258 g/mol. The van der Waals surface area contributed by atoms with Crippen LogP contribution in [0.2, 0.25) is 0 Å². The summed E-state index contributed by atoms with van der Waals surface area (Å²) in [5.41, 5.74) is 0.921. The maximum Gasteiger partial charge on any atom is 0.269 e. The van der Waals surface area contributed by atoms with Crippen LogP contribution in [0, 0.1) is 10.1 Å². The molecule has 0 aliphatic rings. The average Bonchev–Trinajstić information content (AvgIpc) is 2.45. The summed E-state index contributed by atoms with van der Waals surface area (Å²) in [5.74, 6) is 0.0191. The molecule has 6 nitrogen and oxygen atoms in total. The molecule has 2 N–H and O–H groups in total. The Morgan fingerprint density at radius 2 is 2.15 bits per heavy atom. The minimum Gasteiger partial charge on any atom is -0.356 e. The van der Waals surface area contributed by atoms with E-state index in [-0.39, 0.29) is 17.6 Å². The molecule has 1 atom stereocenters. The Morgan fingerprint density at radius 3 is 2.80 bits per heavy atom. The Kier molecular flexibility index (Phi) is 6.66. The van der Waals surface area contributed by atoms with Crippen LogP contribution in [0.3, 0.4) is 0 Å². The summed E-state index contributed by atoms with van der Waals surface area (Å²) in [6.07, 6.45) is 1.32. The number of carbonyl (C=O) groups is 1. The van der Waals surface area contributed by atoms with Gasteiger partial charge in [0, 0.05) is 37.7 Å². The molecule has 110 valence electrons. The highest BCUT2D eigenvalue weighted by atomic mass is 16.6. The number of nitrogens with zero attached hydrogens (tertiary/aromatic N) is 1. The van der Waals surface area contributed by atoms with Crippen LogP contribution in [-0.4, -0.2) is 23.9 Å². The van der Waals surface area contributed by atoms with E-state index >= 15 is 0 Å². The number of carbonyl (C=O) groups excluding carboxylic acids is 1. The fourth-order valence-corrected chi connectivity index (χ4v) is 1.78. The van der Waals surface area contributed by atoms with Gasteiger partial charge in [-0.15, -0.1) is 0 Å². The summed E-state index contributed by atoms with van der Waals surface area (Å²) >= 11 is 0. The zero-order valence-corrected chi connectivity index (χ0v) is 11.9. The highest BCUT2D eigenvalue weighted by Gasteiger charge is 2.10. The number of hydrogen-bond acceptors (Lipinski definition) is 4. The van der Waals surface area contributed by atoms with Crippen molar-refractivity contribution in [1.82, 2.24) is 10.6 Å². The van der Waals surface area contributed by atoms with Gasteiger partial charge in [0.15, 0.2) is 0 Å². The highest BCUT2D eigenvalue weighted by Crippen LogP contribution is 2.18. The second kappa shape index (κ2) is 8.27. The molecule has 0 saturated heterocycles. The summed E-state index contributed by atoms with van der Waals surface area (Å²) in [5, 5.41) is 16.7. The van der Waals surface area contributed by atoms with Crippen LogP contribution in [0.25, 0.3) is 0 Å². The van der Waals surface area contributed by atoms with Gasteiger partial charge in [0.25, 0.3) is 5.69 Å². The van der Waals surface area contributed by atoms with Crippen LogP contribution in [0.1, 0.15) is 38.3 Å². The number of rotatable bonds is 8. The standard InChI is InChI=1S/C14H21N3O3/c1-3-8-16-14(18)7-9-15-11(2)12-5-4-6-13(10-12)17(19)20/h4-6,10-11,15H,3,7-9H2,1-2H3,(H,16,18). The van der Waals surface area contributed by atoms with E-state index in [2.05, 4.69) is 10.6 Å². The van der Waals surface area contributed by atoms with Crippen LogP contribution in [0.4, 0.5) is 5.69 Å². The predicted octanol–water partition coefficient (Wildman–Crippen LogP) is 2.16. The van der Waals surface area contributed by atoms with Crippen LogP contribution < -0.4 is 10.6 Å². The maximum atomic E-state index is 11.4. The number of hydrogen-bond donors (Lipinski definition) is 2. The van der Waals surface area contributed by atoms with Crippen LogP contribution in [-0.2, 0) is 4.79 Å². The van der Waals surface area contributed by atoms with E-state index in [1.165, 1.54) is 6.07 Å². The lowest BCUT2D eigenvalue weighted by molar-refractivity contribution is -0.384. The molecule has 1 amide bonds. The third-order valence-electron chi connectivity index (χ3n) is 2.96. The minimum absolute atomic E-state index is 0.0191. The Bertz CT molecular complexity index is 463. The number of nitro groups is 1. The average molecular weight is 279 g/mol. The van der Waals surface area contributed by atoms with Gasteiger partial charge in [-0.25, -0.2) is 0 Å². The Labute approximate surface area is 118 Å². The number of amides is 1. The van der Waals surface area contributed by atoms with E-state index in [0.29, 0.717) is 19.5 Å². The molecule has 0 heterocycles. The highest BCUT2D eigenvalue weighted by molar-refractivity contribution is 5.75.